The fraction of sp³-hybridized carbons (Fsp3) is 0.464. The van der Waals surface area contributed by atoms with Crippen molar-refractivity contribution in [3.8, 4) is 18.2 Å². The van der Waals surface area contributed by atoms with Gasteiger partial charge in [-0.2, -0.15) is 15.8 Å². The molecule has 0 saturated carbocycles. The number of nitriles is 3. The number of rotatable bonds is 0. The van der Waals surface area contributed by atoms with Gasteiger partial charge in [-0.3, -0.25) is 0 Å². The Morgan fingerprint density at radius 1 is 0.432 bits per heavy atom. The number of hydrogen-bond donors (Lipinski definition) is 0. The van der Waals surface area contributed by atoms with E-state index in [1.54, 1.807) is 18.2 Å². The summed E-state index contributed by atoms with van der Waals surface area (Å²) < 4.78 is 78.0. The average molecular weight is 913 g/mol. The summed E-state index contributed by atoms with van der Waals surface area (Å²) in [6, 6.07) is 5.25. The van der Waals surface area contributed by atoms with E-state index >= 15 is 0 Å². The van der Waals surface area contributed by atoms with Gasteiger partial charge in [-0.25, -0.2) is 0 Å². The van der Waals surface area contributed by atoms with Crippen LogP contribution in [0.2, 0.25) is 0 Å². The van der Waals surface area contributed by atoms with Crippen molar-refractivity contribution in [1.82, 2.24) is 0 Å². The Bertz CT molecular complexity index is 828. The van der Waals surface area contributed by atoms with Crippen molar-refractivity contribution < 1.29 is 95.8 Å². The first-order valence-corrected chi connectivity index (χ1v) is 12.2. The predicted octanol–water partition coefficient (Wildman–Crippen LogP) is 10.8. The van der Waals surface area contributed by atoms with Crippen LogP contribution in [-0.2, 0) is 61.3 Å². The van der Waals surface area contributed by atoms with Crippen molar-refractivity contribution in [2.45, 2.75) is 62.3 Å². The molecule has 0 spiro atoms. The molecule has 0 atom stereocenters. The smallest absolute Gasteiger partial charge is 0.418 e. The molecule has 0 saturated heterocycles. The zero-order valence-electron chi connectivity index (χ0n) is 26.1. The second kappa shape index (κ2) is 35.9. The molecule has 44 heavy (non-hydrogen) atoms. The number of hydrogen-bond acceptors (Lipinski definition) is 3. The number of nitrogens with zero attached hydrogens (tertiary/aromatic N) is 3. The van der Waals surface area contributed by atoms with E-state index in [1.165, 1.54) is 20.8 Å². The van der Waals surface area contributed by atoms with Crippen LogP contribution >= 0.6 is 0 Å². The Hall–Kier alpha value is -1.53. The van der Waals surface area contributed by atoms with Crippen LogP contribution in [0.4, 0.5) is 34.5 Å². The van der Waals surface area contributed by atoms with Gasteiger partial charge < -0.3 is 34.5 Å². The number of allylic oxidation sites excluding steroid dienone is 12. The molecular weight excluding hydrogens is 871 g/mol. The van der Waals surface area contributed by atoms with E-state index in [4.69, 9.17) is 15.8 Å². The molecule has 0 aromatic rings. The summed E-state index contributed by atoms with van der Waals surface area (Å²) >= 11 is 0. The van der Waals surface area contributed by atoms with E-state index in [0.29, 0.717) is 22.7 Å². The van der Waals surface area contributed by atoms with Gasteiger partial charge in [-0.1, -0.05) is 114 Å². The first-order chi connectivity index (χ1) is 18.5. The molecule has 16 heteroatoms. The third-order valence-corrected chi connectivity index (χ3v) is 3.94. The van der Waals surface area contributed by atoms with Crippen LogP contribution in [0.15, 0.2) is 72.9 Å². The molecule has 2 rings (SSSR count). The molecule has 0 aromatic heterocycles. The molecule has 2 aliphatic rings. The molecule has 3 nitrogen and oxygen atoms in total. The molecule has 2 aliphatic carbocycles. The molecule has 0 fully saturated rings. The molecular formula is C28H41B2F8N3Pd3-2. The zero-order chi connectivity index (χ0) is 33.8. The normalized spacial score (nSPS) is 12.7. The monoisotopic (exact) mass is 911 g/mol. The van der Waals surface area contributed by atoms with E-state index in [-0.39, 0.29) is 61.3 Å². The Morgan fingerprint density at radius 3 is 0.636 bits per heavy atom. The first-order valence-electron chi connectivity index (χ1n) is 12.2. The van der Waals surface area contributed by atoms with Crippen LogP contribution in [0.1, 0.15) is 62.3 Å². The fourth-order valence-corrected chi connectivity index (χ4v) is 2.28. The maximum atomic E-state index is 9.75. The van der Waals surface area contributed by atoms with Crippen LogP contribution in [0.5, 0.6) is 0 Å². The van der Waals surface area contributed by atoms with Crippen molar-refractivity contribution in [1.29, 1.82) is 15.8 Å². The second-order valence-electron chi connectivity index (χ2n) is 9.75. The summed E-state index contributed by atoms with van der Waals surface area (Å²) in [5.74, 6) is 1.13. The fourth-order valence-electron chi connectivity index (χ4n) is 2.28. The van der Waals surface area contributed by atoms with Crippen LogP contribution in [0, 0.1) is 56.7 Å². The van der Waals surface area contributed by atoms with Gasteiger partial charge in [-0.05, 0) is 10.8 Å². The van der Waals surface area contributed by atoms with Gasteiger partial charge in [-0.15, -0.1) is 0 Å². The SMILES string of the molecule is CC#N.CC#N.CC#N.CC(C)(C)C1C=CC=CC=C1.CC(C)(C)C1C=CC=CC=C1.F[B-](F)(F)F.F[B-](F)(F)F.[Pd].[Pd].[Pd]. The van der Waals surface area contributed by atoms with Crippen LogP contribution in [0.3, 0.4) is 0 Å². The minimum Gasteiger partial charge on any atom is -0.418 e. The largest absolute Gasteiger partial charge is 0.673 e. The van der Waals surface area contributed by atoms with E-state index < -0.39 is 14.5 Å². The average Bonchev–Trinajstić information content (AvgIpc) is 3.19. The van der Waals surface area contributed by atoms with Gasteiger partial charge in [0.25, 0.3) is 0 Å². The van der Waals surface area contributed by atoms with Crippen LogP contribution in [0.25, 0.3) is 0 Å². The topological polar surface area (TPSA) is 71.4 Å². The van der Waals surface area contributed by atoms with Gasteiger partial charge in [0.2, 0.25) is 0 Å². The van der Waals surface area contributed by atoms with Crippen molar-refractivity contribution in [2.75, 3.05) is 0 Å². The van der Waals surface area contributed by atoms with Crippen molar-refractivity contribution in [3.05, 3.63) is 72.9 Å². The van der Waals surface area contributed by atoms with Crippen molar-refractivity contribution in [2.24, 2.45) is 22.7 Å². The van der Waals surface area contributed by atoms with Gasteiger partial charge in [0.15, 0.2) is 0 Å². The molecule has 0 amide bonds. The summed E-state index contributed by atoms with van der Waals surface area (Å²) in [4.78, 5) is 0. The maximum absolute atomic E-state index is 9.75. The van der Waals surface area contributed by atoms with Crippen LogP contribution < -0.4 is 0 Å². The summed E-state index contributed by atoms with van der Waals surface area (Å²) in [5, 5.41) is 22.0. The summed E-state index contributed by atoms with van der Waals surface area (Å²) in [5.41, 5.74) is 0.692. The Balaban J connectivity index is -0.0000000611. The third kappa shape index (κ3) is 77.8. The second-order valence-corrected chi connectivity index (χ2v) is 9.75. The van der Waals surface area contributed by atoms with E-state index in [1.807, 2.05) is 0 Å². The van der Waals surface area contributed by atoms with Gasteiger partial charge in [0.05, 0.1) is 18.2 Å². The standard InChI is InChI=1S/2C11H16.3C2H3N.2BF4.3Pd/c2*1-11(2,3)10-8-6-4-5-7-9-10;3*1-2-3;2*2-1(3,4)5;;;/h2*4-10H,1-3H3;3*1H3;;;;;/q;;;;;2*-1;;;. The van der Waals surface area contributed by atoms with E-state index in [2.05, 4.69) is 114 Å². The Morgan fingerprint density at radius 2 is 0.545 bits per heavy atom. The quantitative estimate of drug-likeness (QED) is 0.180. The molecule has 262 valence electrons. The Kier molecular flexibility index (Phi) is 50.2. The minimum atomic E-state index is -6.00. The summed E-state index contributed by atoms with van der Waals surface area (Å²) in [6.45, 7) is 17.9. The first kappa shape index (κ1) is 61.5. The number of halogens is 8. The predicted molar refractivity (Wildman–Crippen MR) is 155 cm³/mol. The molecule has 0 aliphatic heterocycles. The van der Waals surface area contributed by atoms with E-state index in [0.717, 1.165) is 0 Å². The van der Waals surface area contributed by atoms with Gasteiger partial charge in [0.1, 0.15) is 0 Å². The van der Waals surface area contributed by atoms with E-state index in [9.17, 15) is 34.5 Å². The minimum absolute atomic E-state index is 0. The molecule has 0 aromatic carbocycles. The Labute approximate surface area is 300 Å². The third-order valence-electron chi connectivity index (χ3n) is 3.94. The summed E-state index contributed by atoms with van der Waals surface area (Å²) in [7, 11) is -12.0. The van der Waals surface area contributed by atoms with Crippen LogP contribution in [-0.4, -0.2) is 14.5 Å². The summed E-state index contributed by atoms with van der Waals surface area (Å²) in [6.07, 6.45) is 25.8. The molecule has 0 N–H and O–H groups in total. The molecule has 0 unspecified atom stereocenters. The van der Waals surface area contributed by atoms with Gasteiger partial charge in [0, 0.05) is 93.9 Å². The molecule has 0 heterocycles. The zero-order valence-corrected chi connectivity index (χ0v) is 30.7. The van der Waals surface area contributed by atoms with Crippen molar-refractivity contribution in [3.63, 3.8) is 0 Å². The molecule has 0 radical (unpaired) electrons. The maximum Gasteiger partial charge on any atom is 0.673 e. The van der Waals surface area contributed by atoms with Crippen molar-refractivity contribution >= 4 is 14.5 Å². The molecule has 0 bridgehead atoms. The van der Waals surface area contributed by atoms with Gasteiger partial charge >= 0.3 is 14.5 Å².